The van der Waals surface area contributed by atoms with Gasteiger partial charge >= 0.3 is 0 Å². The lowest BCUT2D eigenvalue weighted by Gasteiger charge is -2.14. The molecule has 6 heteroatoms. The second-order valence-corrected chi connectivity index (χ2v) is 6.99. The summed E-state index contributed by atoms with van der Waals surface area (Å²) in [5.41, 5.74) is 1.90. The summed E-state index contributed by atoms with van der Waals surface area (Å²) in [4.78, 5) is 12.0. The Morgan fingerprint density at radius 3 is 2.50 bits per heavy atom. The number of benzene rings is 1. The summed E-state index contributed by atoms with van der Waals surface area (Å²) in [5, 5.41) is 1.42. The first-order valence-electron chi connectivity index (χ1n) is 6.38. The van der Waals surface area contributed by atoms with Crippen molar-refractivity contribution in [2.24, 2.45) is 0 Å². The Labute approximate surface area is 120 Å². The summed E-state index contributed by atoms with van der Waals surface area (Å²) in [6.07, 6.45) is 0. The van der Waals surface area contributed by atoms with Crippen LogP contribution in [0.5, 0.6) is 0 Å². The molecule has 0 aliphatic heterocycles. The summed E-state index contributed by atoms with van der Waals surface area (Å²) in [6.45, 7) is 5.79. The molecule has 0 aliphatic carbocycles. The Morgan fingerprint density at radius 2 is 1.95 bits per heavy atom. The molecular formula is C14H21NO4S. The Balaban J connectivity index is 2.91. The molecule has 1 atom stereocenters. The van der Waals surface area contributed by atoms with E-state index in [1.807, 2.05) is 13.8 Å². The number of sulfone groups is 1. The zero-order chi connectivity index (χ0) is 15.3. The van der Waals surface area contributed by atoms with Gasteiger partial charge in [-0.25, -0.2) is 8.42 Å². The van der Waals surface area contributed by atoms with Gasteiger partial charge in [-0.05, 0) is 44.0 Å². The molecule has 1 aromatic rings. The van der Waals surface area contributed by atoms with E-state index in [0.29, 0.717) is 13.2 Å². The van der Waals surface area contributed by atoms with Crippen LogP contribution in [0.1, 0.15) is 18.1 Å². The van der Waals surface area contributed by atoms with Crippen molar-refractivity contribution in [2.75, 3.05) is 20.3 Å². The van der Waals surface area contributed by atoms with Gasteiger partial charge in [-0.1, -0.05) is 6.07 Å². The number of amides is 1. The van der Waals surface area contributed by atoms with Gasteiger partial charge in [0.15, 0.2) is 9.84 Å². The SMILES string of the molecule is COCCNC(=O)C(C)S(=O)(=O)c1ccc(C)c(C)c1. The van der Waals surface area contributed by atoms with Crippen LogP contribution in [0.3, 0.4) is 0 Å². The minimum absolute atomic E-state index is 0.176. The molecule has 0 aliphatic rings. The zero-order valence-electron chi connectivity index (χ0n) is 12.3. The van der Waals surface area contributed by atoms with E-state index in [0.717, 1.165) is 11.1 Å². The highest BCUT2D eigenvalue weighted by Gasteiger charge is 2.29. The van der Waals surface area contributed by atoms with Gasteiger partial charge in [-0.15, -0.1) is 0 Å². The lowest BCUT2D eigenvalue weighted by molar-refractivity contribution is -0.120. The van der Waals surface area contributed by atoms with Crippen LogP contribution in [0.15, 0.2) is 23.1 Å². The third-order valence-corrected chi connectivity index (χ3v) is 5.30. The molecule has 1 amide bonds. The molecule has 1 rings (SSSR count). The van der Waals surface area contributed by atoms with E-state index in [4.69, 9.17) is 4.74 Å². The molecule has 0 saturated heterocycles. The van der Waals surface area contributed by atoms with E-state index >= 15 is 0 Å². The largest absolute Gasteiger partial charge is 0.383 e. The molecule has 0 bridgehead atoms. The Bertz CT molecular complexity index is 581. The lowest BCUT2D eigenvalue weighted by Crippen LogP contribution is -2.39. The smallest absolute Gasteiger partial charge is 0.238 e. The van der Waals surface area contributed by atoms with Crippen molar-refractivity contribution in [2.45, 2.75) is 30.9 Å². The van der Waals surface area contributed by atoms with Crippen molar-refractivity contribution in [3.05, 3.63) is 29.3 Å². The van der Waals surface area contributed by atoms with Crippen LogP contribution < -0.4 is 5.32 Å². The van der Waals surface area contributed by atoms with Crippen LogP contribution in [0.4, 0.5) is 0 Å². The average Bonchev–Trinajstić information content (AvgIpc) is 2.40. The van der Waals surface area contributed by atoms with Gasteiger partial charge in [0, 0.05) is 13.7 Å². The van der Waals surface area contributed by atoms with Gasteiger partial charge in [0.05, 0.1) is 11.5 Å². The van der Waals surface area contributed by atoms with Crippen molar-refractivity contribution in [3.8, 4) is 0 Å². The first kappa shape index (κ1) is 16.7. The van der Waals surface area contributed by atoms with Crippen LogP contribution in [-0.4, -0.2) is 39.8 Å². The number of ether oxygens (including phenoxy) is 1. The molecule has 0 radical (unpaired) electrons. The highest BCUT2D eigenvalue weighted by Crippen LogP contribution is 2.19. The molecule has 20 heavy (non-hydrogen) atoms. The number of carbonyl (C=O) groups is 1. The van der Waals surface area contributed by atoms with Crippen LogP contribution in [0, 0.1) is 13.8 Å². The maximum absolute atomic E-state index is 12.4. The topological polar surface area (TPSA) is 72.5 Å². The monoisotopic (exact) mass is 299 g/mol. The van der Waals surface area contributed by atoms with Crippen molar-refractivity contribution in [1.82, 2.24) is 5.32 Å². The van der Waals surface area contributed by atoms with Crippen LogP contribution in [-0.2, 0) is 19.4 Å². The van der Waals surface area contributed by atoms with E-state index in [9.17, 15) is 13.2 Å². The van der Waals surface area contributed by atoms with Crippen molar-refractivity contribution in [1.29, 1.82) is 0 Å². The summed E-state index contributed by atoms with van der Waals surface area (Å²) in [7, 11) is -2.15. The first-order chi connectivity index (χ1) is 9.30. The number of nitrogens with one attached hydrogen (secondary N) is 1. The molecule has 112 valence electrons. The maximum Gasteiger partial charge on any atom is 0.238 e. The zero-order valence-corrected chi connectivity index (χ0v) is 13.1. The molecule has 1 unspecified atom stereocenters. The van der Waals surface area contributed by atoms with Crippen LogP contribution in [0.2, 0.25) is 0 Å². The molecule has 1 N–H and O–H groups in total. The number of rotatable bonds is 6. The Hall–Kier alpha value is -1.40. The normalized spacial score (nSPS) is 13.0. The third-order valence-electron chi connectivity index (χ3n) is 3.25. The van der Waals surface area contributed by atoms with Gasteiger partial charge in [-0.3, -0.25) is 4.79 Å². The van der Waals surface area contributed by atoms with Gasteiger partial charge in [0.2, 0.25) is 5.91 Å². The molecular weight excluding hydrogens is 278 g/mol. The summed E-state index contributed by atoms with van der Waals surface area (Å²) in [5.74, 6) is -0.514. The highest BCUT2D eigenvalue weighted by molar-refractivity contribution is 7.92. The Kier molecular flexibility index (Phi) is 5.71. The predicted molar refractivity (Wildman–Crippen MR) is 77.4 cm³/mol. The van der Waals surface area contributed by atoms with Crippen LogP contribution >= 0.6 is 0 Å². The molecule has 0 aromatic heterocycles. The molecule has 0 saturated carbocycles. The fraction of sp³-hybridized carbons (Fsp3) is 0.500. The summed E-state index contributed by atoms with van der Waals surface area (Å²) in [6, 6.07) is 4.89. The van der Waals surface area contributed by atoms with Crippen LogP contribution in [0.25, 0.3) is 0 Å². The van der Waals surface area contributed by atoms with Gasteiger partial charge in [0.25, 0.3) is 0 Å². The molecule has 5 nitrogen and oxygen atoms in total. The van der Waals surface area contributed by atoms with E-state index in [1.54, 1.807) is 12.1 Å². The summed E-state index contributed by atoms with van der Waals surface area (Å²) >= 11 is 0. The molecule has 0 spiro atoms. The molecule has 0 heterocycles. The van der Waals surface area contributed by atoms with Crippen molar-refractivity contribution in [3.63, 3.8) is 0 Å². The van der Waals surface area contributed by atoms with E-state index in [1.165, 1.54) is 20.1 Å². The number of carbonyl (C=O) groups excluding carboxylic acids is 1. The van der Waals surface area contributed by atoms with Gasteiger partial charge < -0.3 is 10.1 Å². The molecule has 1 aromatic carbocycles. The van der Waals surface area contributed by atoms with Gasteiger partial charge in [0.1, 0.15) is 5.25 Å². The van der Waals surface area contributed by atoms with Crippen molar-refractivity contribution < 1.29 is 17.9 Å². The second-order valence-electron chi connectivity index (χ2n) is 4.72. The molecule has 0 fully saturated rings. The number of hydrogen-bond acceptors (Lipinski definition) is 4. The predicted octanol–water partition coefficient (Wildman–Crippen LogP) is 1.23. The lowest BCUT2D eigenvalue weighted by atomic mass is 10.1. The fourth-order valence-electron chi connectivity index (χ4n) is 1.66. The second kappa shape index (κ2) is 6.85. The van der Waals surface area contributed by atoms with E-state index in [2.05, 4.69) is 5.32 Å². The van der Waals surface area contributed by atoms with Gasteiger partial charge in [-0.2, -0.15) is 0 Å². The third kappa shape index (κ3) is 3.80. The summed E-state index contributed by atoms with van der Waals surface area (Å²) < 4.78 is 29.6. The highest BCUT2D eigenvalue weighted by atomic mass is 32.2. The minimum Gasteiger partial charge on any atom is -0.383 e. The standard InChI is InChI=1S/C14H21NO4S/c1-10-5-6-13(9-11(10)2)20(17,18)12(3)14(16)15-7-8-19-4/h5-6,9,12H,7-8H2,1-4H3,(H,15,16). The number of methoxy groups -OCH3 is 1. The maximum atomic E-state index is 12.4. The van der Waals surface area contributed by atoms with E-state index in [-0.39, 0.29) is 4.90 Å². The quantitative estimate of drug-likeness (QED) is 0.802. The minimum atomic E-state index is -3.67. The average molecular weight is 299 g/mol. The first-order valence-corrected chi connectivity index (χ1v) is 7.93. The number of aryl methyl sites for hydroxylation is 2. The Morgan fingerprint density at radius 1 is 1.30 bits per heavy atom. The van der Waals surface area contributed by atoms with E-state index < -0.39 is 21.0 Å². The fourth-order valence-corrected chi connectivity index (χ4v) is 3.03. The van der Waals surface area contributed by atoms with Crippen molar-refractivity contribution >= 4 is 15.7 Å². The number of hydrogen-bond donors (Lipinski definition) is 1.